The van der Waals surface area contributed by atoms with Gasteiger partial charge in [0.25, 0.3) is 10.0 Å². The molecule has 0 aromatic heterocycles. The van der Waals surface area contributed by atoms with Gasteiger partial charge >= 0.3 is 0 Å². The summed E-state index contributed by atoms with van der Waals surface area (Å²) < 4.78 is 35.7. The summed E-state index contributed by atoms with van der Waals surface area (Å²) >= 11 is 3.37. The van der Waals surface area contributed by atoms with Crippen LogP contribution in [-0.2, 0) is 32.6 Å². The molecule has 1 N–H and O–H groups in total. The Labute approximate surface area is 280 Å². The molecular formula is C36H40BrN3O5S. The number of sulfonamides is 1. The number of nitrogens with one attached hydrogen (secondary N) is 1. The van der Waals surface area contributed by atoms with E-state index in [4.69, 9.17) is 4.74 Å². The molecule has 0 radical (unpaired) electrons. The fourth-order valence-corrected chi connectivity index (χ4v) is 6.59. The summed E-state index contributed by atoms with van der Waals surface area (Å²) in [5.74, 6) is -0.238. The monoisotopic (exact) mass is 705 g/mol. The Morgan fingerprint density at radius 1 is 0.826 bits per heavy atom. The van der Waals surface area contributed by atoms with Gasteiger partial charge in [-0.2, -0.15) is 0 Å². The minimum absolute atomic E-state index is 0.0299. The number of hydrogen-bond acceptors (Lipinski definition) is 5. The van der Waals surface area contributed by atoms with Gasteiger partial charge < -0.3 is 15.0 Å². The molecule has 242 valence electrons. The maximum absolute atomic E-state index is 14.5. The lowest BCUT2D eigenvalue weighted by atomic mass is 10.0. The molecule has 0 bridgehead atoms. The van der Waals surface area contributed by atoms with Gasteiger partial charge in [0.15, 0.2) is 0 Å². The number of rotatable bonds is 15. The van der Waals surface area contributed by atoms with Crippen LogP contribution in [0.5, 0.6) is 5.75 Å². The van der Waals surface area contributed by atoms with Crippen molar-refractivity contribution < 1.29 is 22.7 Å². The summed E-state index contributed by atoms with van der Waals surface area (Å²) in [5.41, 5.74) is 1.99. The second kappa shape index (κ2) is 16.4. The number of amides is 2. The summed E-state index contributed by atoms with van der Waals surface area (Å²) in [6.07, 6.45) is 0.970. The molecule has 4 aromatic carbocycles. The number of halogens is 1. The van der Waals surface area contributed by atoms with Crippen molar-refractivity contribution in [1.29, 1.82) is 0 Å². The van der Waals surface area contributed by atoms with Crippen LogP contribution in [0.3, 0.4) is 0 Å². The number of nitrogens with zero attached hydrogens (tertiary/aromatic N) is 2. The zero-order chi connectivity index (χ0) is 33.1. The fraction of sp³-hybridized carbons (Fsp3) is 0.278. The average molecular weight is 707 g/mol. The van der Waals surface area contributed by atoms with Crippen molar-refractivity contribution >= 4 is 43.5 Å². The topological polar surface area (TPSA) is 96.0 Å². The van der Waals surface area contributed by atoms with Crippen molar-refractivity contribution in [2.24, 2.45) is 0 Å². The molecule has 4 rings (SSSR count). The van der Waals surface area contributed by atoms with Gasteiger partial charge in [0.1, 0.15) is 18.3 Å². The predicted molar refractivity (Wildman–Crippen MR) is 185 cm³/mol. The Morgan fingerprint density at radius 3 is 1.98 bits per heavy atom. The molecule has 0 spiro atoms. The standard InChI is InChI=1S/C36H40BrN3O5S/c1-4-27(3)38-36(42)34(24-28-12-8-6-9-13-28)39(25-29-14-10-7-11-15-29)35(41)26-40(31-18-20-32(21-19-31)45-5-2)46(43,44)33-22-16-30(37)17-23-33/h6-23,27,34H,4-5,24-26H2,1-3H3,(H,38,42)/t27-,34-/m1/s1. The summed E-state index contributed by atoms with van der Waals surface area (Å²) in [4.78, 5) is 30.0. The third kappa shape index (κ3) is 9.20. The van der Waals surface area contributed by atoms with E-state index in [1.165, 1.54) is 17.0 Å². The molecule has 0 saturated carbocycles. The molecule has 0 heterocycles. The van der Waals surface area contributed by atoms with Crippen LogP contribution in [0.1, 0.15) is 38.3 Å². The van der Waals surface area contributed by atoms with Crippen LogP contribution in [0, 0.1) is 0 Å². The highest BCUT2D eigenvalue weighted by atomic mass is 79.9. The lowest BCUT2D eigenvalue weighted by Gasteiger charge is -2.34. The zero-order valence-corrected chi connectivity index (χ0v) is 28.7. The predicted octanol–water partition coefficient (Wildman–Crippen LogP) is 6.60. The first kappa shape index (κ1) is 34.7. The van der Waals surface area contributed by atoms with Crippen molar-refractivity contribution in [3.8, 4) is 5.75 Å². The first-order valence-corrected chi connectivity index (χ1v) is 17.5. The molecule has 2 atom stereocenters. The van der Waals surface area contributed by atoms with Crippen LogP contribution in [0.2, 0.25) is 0 Å². The van der Waals surface area contributed by atoms with Crippen LogP contribution in [0.15, 0.2) is 119 Å². The van der Waals surface area contributed by atoms with Crippen molar-refractivity contribution in [2.45, 2.75) is 57.1 Å². The molecule has 0 aliphatic carbocycles. The van der Waals surface area contributed by atoms with E-state index in [1.54, 1.807) is 36.4 Å². The van der Waals surface area contributed by atoms with E-state index in [2.05, 4.69) is 21.2 Å². The normalized spacial score (nSPS) is 12.5. The number of ether oxygens (including phenoxy) is 1. The van der Waals surface area contributed by atoms with E-state index >= 15 is 0 Å². The van der Waals surface area contributed by atoms with Gasteiger partial charge in [-0.3, -0.25) is 13.9 Å². The molecule has 8 nitrogen and oxygen atoms in total. The Kier molecular flexibility index (Phi) is 12.4. The highest BCUT2D eigenvalue weighted by molar-refractivity contribution is 9.10. The molecule has 46 heavy (non-hydrogen) atoms. The van der Waals surface area contributed by atoms with E-state index < -0.39 is 28.5 Å². The number of hydrogen-bond donors (Lipinski definition) is 1. The molecule has 0 fully saturated rings. The maximum atomic E-state index is 14.5. The molecule has 2 amide bonds. The molecule has 0 unspecified atom stereocenters. The maximum Gasteiger partial charge on any atom is 0.264 e. The molecule has 10 heteroatoms. The van der Waals surface area contributed by atoms with Crippen LogP contribution in [0.4, 0.5) is 5.69 Å². The van der Waals surface area contributed by atoms with Gasteiger partial charge in [0, 0.05) is 23.5 Å². The van der Waals surface area contributed by atoms with Crippen molar-refractivity contribution in [3.05, 3.63) is 125 Å². The van der Waals surface area contributed by atoms with E-state index in [1.807, 2.05) is 81.4 Å². The summed E-state index contributed by atoms with van der Waals surface area (Å²) in [7, 11) is -4.20. The lowest BCUT2D eigenvalue weighted by Crippen LogP contribution is -2.54. The average Bonchev–Trinajstić information content (AvgIpc) is 3.06. The molecule has 0 saturated heterocycles. The summed E-state index contributed by atoms with van der Waals surface area (Å²) in [5, 5.41) is 3.05. The minimum atomic E-state index is -4.20. The molecule has 4 aromatic rings. The highest BCUT2D eigenvalue weighted by Crippen LogP contribution is 2.28. The van der Waals surface area contributed by atoms with E-state index in [9.17, 15) is 18.0 Å². The van der Waals surface area contributed by atoms with Gasteiger partial charge in [-0.1, -0.05) is 83.5 Å². The Balaban J connectivity index is 1.79. The van der Waals surface area contributed by atoms with Gasteiger partial charge in [0.2, 0.25) is 11.8 Å². The quantitative estimate of drug-likeness (QED) is 0.150. The molecule has 0 aliphatic rings. The largest absolute Gasteiger partial charge is 0.494 e. The number of anilines is 1. The zero-order valence-electron chi connectivity index (χ0n) is 26.3. The van der Waals surface area contributed by atoms with Crippen molar-refractivity contribution in [3.63, 3.8) is 0 Å². The van der Waals surface area contributed by atoms with E-state index in [-0.39, 0.29) is 29.8 Å². The second-order valence-corrected chi connectivity index (χ2v) is 13.7. The van der Waals surface area contributed by atoms with Gasteiger partial charge in [-0.05, 0) is 79.9 Å². The van der Waals surface area contributed by atoms with Crippen LogP contribution < -0.4 is 14.4 Å². The lowest BCUT2D eigenvalue weighted by molar-refractivity contribution is -0.140. The number of carbonyl (C=O) groups is 2. The van der Waals surface area contributed by atoms with E-state index in [0.29, 0.717) is 24.5 Å². The Hall–Kier alpha value is -4.15. The molecule has 0 aliphatic heterocycles. The van der Waals surface area contributed by atoms with Crippen LogP contribution in [-0.4, -0.2) is 50.4 Å². The smallest absolute Gasteiger partial charge is 0.264 e. The SMILES string of the molecule is CCOc1ccc(N(CC(=O)N(Cc2ccccc2)[C@H](Cc2ccccc2)C(=O)N[C@H](C)CC)S(=O)(=O)c2ccc(Br)cc2)cc1. The van der Waals surface area contributed by atoms with Crippen molar-refractivity contribution in [2.75, 3.05) is 17.5 Å². The van der Waals surface area contributed by atoms with Gasteiger partial charge in [-0.15, -0.1) is 0 Å². The second-order valence-electron chi connectivity index (χ2n) is 10.9. The van der Waals surface area contributed by atoms with Crippen LogP contribution >= 0.6 is 15.9 Å². The van der Waals surface area contributed by atoms with Gasteiger partial charge in [0.05, 0.1) is 17.2 Å². The summed E-state index contributed by atoms with van der Waals surface area (Å²) in [6.45, 7) is 5.79. The third-order valence-corrected chi connectivity index (χ3v) is 9.90. The number of benzene rings is 4. The highest BCUT2D eigenvalue weighted by Gasteiger charge is 2.35. The first-order chi connectivity index (χ1) is 22.1. The van der Waals surface area contributed by atoms with Gasteiger partial charge in [-0.25, -0.2) is 8.42 Å². The number of carbonyl (C=O) groups excluding carboxylic acids is 2. The Bertz CT molecular complexity index is 1670. The van der Waals surface area contributed by atoms with Crippen LogP contribution in [0.25, 0.3) is 0 Å². The molecular weight excluding hydrogens is 666 g/mol. The minimum Gasteiger partial charge on any atom is -0.494 e. The first-order valence-electron chi connectivity index (χ1n) is 15.3. The fourth-order valence-electron chi connectivity index (χ4n) is 4.91. The van der Waals surface area contributed by atoms with E-state index in [0.717, 1.165) is 19.9 Å². The third-order valence-electron chi connectivity index (χ3n) is 7.58. The summed E-state index contributed by atoms with van der Waals surface area (Å²) in [6, 6.07) is 30.7. The Morgan fingerprint density at radius 2 is 1.41 bits per heavy atom. The van der Waals surface area contributed by atoms with Crippen molar-refractivity contribution in [1.82, 2.24) is 10.2 Å².